The molecule has 4 aliphatic rings. The van der Waals surface area contributed by atoms with E-state index in [4.69, 9.17) is 5.10 Å². The van der Waals surface area contributed by atoms with Gasteiger partial charge in [0.05, 0.1) is 0 Å². The third kappa shape index (κ3) is 2.18. The third-order valence-corrected chi connectivity index (χ3v) is 7.48. The van der Waals surface area contributed by atoms with Crippen LogP contribution in [0.5, 0.6) is 0 Å². The maximum atomic E-state index is 4.73. The highest BCUT2D eigenvalue weighted by atomic mass is 32.2. The fraction of sp³-hybridized carbons (Fsp3) is 0.600. The Morgan fingerprint density at radius 1 is 0.958 bits per heavy atom. The minimum atomic E-state index is 0.313. The average molecular weight is 340 g/mol. The van der Waals surface area contributed by atoms with Crippen LogP contribution < -0.4 is 0 Å². The van der Waals surface area contributed by atoms with Crippen molar-refractivity contribution in [3.05, 3.63) is 30.1 Å². The highest BCUT2D eigenvalue weighted by molar-refractivity contribution is 7.98. The fourth-order valence-electron chi connectivity index (χ4n) is 6.17. The lowest BCUT2D eigenvalue weighted by molar-refractivity contribution is -0.0107. The van der Waals surface area contributed by atoms with Crippen LogP contribution in [0.15, 0.2) is 29.2 Å². The Morgan fingerprint density at radius 2 is 1.54 bits per heavy atom. The van der Waals surface area contributed by atoms with Crippen molar-refractivity contribution in [2.24, 2.45) is 24.8 Å². The van der Waals surface area contributed by atoms with Crippen molar-refractivity contribution in [2.75, 3.05) is 6.26 Å². The maximum absolute atomic E-state index is 4.73. The number of hydrogen-bond acceptors (Lipinski definition) is 3. The molecule has 0 amide bonds. The SMILES string of the molecule is CSc1ccc(-c2nnc(C34CC5CC(CC(C5)C3)C4)n2C)cc1. The molecule has 4 fully saturated rings. The Kier molecular flexibility index (Phi) is 3.35. The summed E-state index contributed by atoms with van der Waals surface area (Å²) in [6, 6.07) is 8.72. The van der Waals surface area contributed by atoms with Gasteiger partial charge in [0.15, 0.2) is 5.82 Å². The van der Waals surface area contributed by atoms with E-state index in [0.29, 0.717) is 5.41 Å². The molecular formula is C20H25N3S. The van der Waals surface area contributed by atoms with Crippen LogP contribution in [0.4, 0.5) is 0 Å². The summed E-state index contributed by atoms with van der Waals surface area (Å²) >= 11 is 1.78. The van der Waals surface area contributed by atoms with Crippen LogP contribution in [0.2, 0.25) is 0 Å². The van der Waals surface area contributed by atoms with Crippen molar-refractivity contribution in [2.45, 2.75) is 48.8 Å². The van der Waals surface area contributed by atoms with Crippen molar-refractivity contribution < 1.29 is 0 Å². The third-order valence-electron chi connectivity index (χ3n) is 6.74. The summed E-state index contributed by atoms with van der Waals surface area (Å²) < 4.78 is 2.29. The second kappa shape index (κ2) is 5.35. The highest BCUT2D eigenvalue weighted by Gasteiger charge is 2.53. The predicted octanol–water partition coefficient (Wildman–Crippen LogP) is 4.67. The normalized spacial score (nSPS) is 34.0. The molecule has 0 saturated heterocycles. The van der Waals surface area contributed by atoms with Crippen molar-refractivity contribution in [3.63, 3.8) is 0 Å². The summed E-state index contributed by atoms with van der Waals surface area (Å²) in [5, 5.41) is 9.34. The maximum Gasteiger partial charge on any atom is 0.163 e. The molecule has 2 aromatic rings. The van der Waals surface area contributed by atoms with Crippen LogP contribution in [0.25, 0.3) is 11.4 Å². The quantitative estimate of drug-likeness (QED) is 0.761. The summed E-state index contributed by atoms with van der Waals surface area (Å²) in [5.41, 5.74) is 1.49. The van der Waals surface area contributed by atoms with E-state index >= 15 is 0 Å². The molecule has 0 atom stereocenters. The summed E-state index contributed by atoms with van der Waals surface area (Å²) in [5.74, 6) is 5.10. The van der Waals surface area contributed by atoms with E-state index in [9.17, 15) is 0 Å². The van der Waals surface area contributed by atoms with E-state index in [1.807, 2.05) is 0 Å². The Morgan fingerprint density at radius 3 is 2.08 bits per heavy atom. The molecule has 3 nitrogen and oxygen atoms in total. The first-order chi connectivity index (χ1) is 11.7. The Labute approximate surface area is 148 Å². The van der Waals surface area contributed by atoms with Gasteiger partial charge in [-0.05, 0) is 74.7 Å². The fourth-order valence-corrected chi connectivity index (χ4v) is 6.58. The minimum Gasteiger partial charge on any atom is -0.314 e. The zero-order chi connectivity index (χ0) is 16.3. The Balaban J connectivity index is 1.53. The summed E-state index contributed by atoms with van der Waals surface area (Å²) in [4.78, 5) is 1.29. The van der Waals surface area contributed by atoms with Gasteiger partial charge < -0.3 is 4.57 Å². The number of aromatic nitrogens is 3. The lowest BCUT2D eigenvalue weighted by atomic mass is 9.49. The summed E-state index contributed by atoms with van der Waals surface area (Å²) in [6.45, 7) is 0. The molecule has 126 valence electrons. The number of rotatable bonds is 3. The zero-order valence-corrected chi connectivity index (χ0v) is 15.4. The van der Waals surface area contributed by atoms with Gasteiger partial charge in [0.25, 0.3) is 0 Å². The molecule has 0 unspecified atom stereocenters. The number of nitrogens with zero attached hydrogens (tertiary/aromatic N) is 3. The lowest BCUT2D eigenvalue weighted by Crippen LogP contribution is -2.49. The molecule has 0 aliphatic heterocycles. The van der Waals surface area contributed by atoms with Gasteiger partial charge >= 0.3 is 0 Å². The monoisotopic (exact) mass is 339 g/mol. The van der Waals surface area contributed by atoms with Crippen molar-refractivity contribution in [1.82, 2.24) is 14.8 Å². The van der Waals surface area contributed by atoms with Crippen LogP contribution >= 0.6 is 11.8 Å². The molecule has 4 bridgehead atoms. The number of benzene rings is 1. The summed E-state index contributed by atoms with van der Waals surface area (Å²) in [7, 11) is 2.17. The first-order valence-electron chi connectivity index (χ1n) is 9.21. The minimum absolute atomic E-state index is 0.313. The molecular weight excluding hydrogens is 314 g/mol. The Bertz CT molecular complexity index is 726. The molecule has 0 radical (unpaired) electrons. The predicted molar refractivity (Wildman–Crippen MR) is 98.1 cm³/mol. The topological polar surface area (TPSA) is 30.7 Å². The first kappa shape index (κ1) is 15.0. The Hall–Kier alpha value is -1.29. The van der Waals surface area contributed by atoms with Gasteiger partial charge in [0.1, 0.15) is 5.82 Å². The molecule has 0 spiro atoms. The van der Waals surface area contributed by atoms with E-state index in [0.717, 1.165) is 23.6 Å². The van der Waals surface area contributed by atoms with Crippen molar-refractivity contribution >= 4 is 11.8 Å². The van der Waals surface area contributed by atoms with E-state index in [2.05, 4.69) is 47.2 Å². The zero-order valence-electron chi connectivity index (χ0n) is 14.5. The summed E-state index contributed by atoms with van der Waals surface area (Å²) in [6.07, 6.45) is 10.6. The number of thioether (sulfide) groups is 1. The lowest BCUT2D eigenvalue weighted by Gasteiger charge is -2.56. The first-order valence-corrected chi connectivity index (χ1v) is 10.4. The van der Waals surface area contributed by atoms with Gasteiger partial charge in [-0.3, -0.25) is 0 Å². The molecule has 24 heavy (non-hydrogen) atoms. The molecule has 0 N–H and O–H groups in total. The van der Waals surface area contributed by atoms with Crippen LogP contribution in [0.1, 0.15) is 44.3 Å². The standard InChI is InChI=1S/C20H25N3S/c1-23-18(16-3-5-17(24-2)6-4-16)21-22-19(23)20-10-13-7-14(11-20)9-15(8-13)12-20/h3-6,13-15H,7-12H2,1-2H3. The van der Waals surface area contributed by atoms with Gasteiger partial charge in [-0.1, -0.05) is 12.1 Å². The van der Waals surface area contributed by atoms with E-state index in [-0.39, 0.29) is 0 Å². The van der Waals surface area contributed by atoms with Gasteiger partial charge in [0.2, 0.25) is 0 Å². The highest BCUT2D eigenvalue weighted by Crippen LogP contribution is 2.60. The van der Waals surface area contributed by atoms with Crippen LogP contribution in [0, 0.1) is 17.8 Å². The largest absolute Gasteiger partial charge is 0.314 e. The van der Waals surface area contributed by atoms with Crippen LogP contribution in [0.3, 0.4) is 0 Å². The smallest absolute Gasteiger partial charge is 0.163 e. The van der Waals surface area contributed by atoms with Crippen LogP contribution in [-0.4, -0.2) is 21.0 Å². The van der Waals surface area contributed by atoms with Crippen LogP contribution in [-0.2, 0) is 12.5 Å². The van der Waals surface area contributed by atoms with E-state index in [1.54, 1.807) is 11.8 Å². The molecule has 1 aromatic carbocycles. The second-order valence-electron chi connectivity index (χ2n) is 8.33. The van der Waals surface area contributed by atoms with Crippen molar-refractivity contribution in [1.29, 1.82) is 0 Å². The van der Waals surface area contributed by atoms with Gasteiger partial charge in [0, 0.05) is 22.9 Å². The molecule has 4 heteroatoms. The van der Waals surface area contributed by atoms with Crippen molar-refractivity contribution in [3.8, 4) is 11.4 Å². The average Bonchev–Trinajstić information content (AvgIpc) is 2.96. The van der Waals surface area contributed by atoms with E-state index in [1.165, 1.54) is 54.8 Å². The van der Waals surface area contributed by atoms with Gasteiger partial charge in [-0.25, -0.2) is 0 Å². The molecule has 4 aliphatic carbocycles. The van der Waals surface area contributed by atoms with Gasteiger partial charge in [-0.15, -0.1) is 22.0 Å². The number of hydrogen-bond donors (Lipinski definition) is 0. The molecule has 1 heterocycles. The molecule has 6 rings (SSSR count). The molecule has 1 aromatic heterocycles. The second-order valence-corrected chi connectivity index (χ2v) is 9.21. The van der Waals surface area contributed by atoms with Gasteiger partial charge in [-0.2, -0.15) is 0 Å². The molecule has 4 saturated carbocycles. The van der Waals surface area contributed by atoms with E-state index < -0.39 is 0 Å².